The molecule has 0 spiro atoms. The lowest BCUT2D eigenvalue weighted by Crippen LogP contribution is -2.52. The first-order chi connectivity index (χ1) is 6.58. The first-order valence-electron chi connectivity index (χ1n) is 4.39. The van der Waals surface area contributed by atoms with Gasteiger partial charge in [-0.05, 0) is 0 Å². The van der Waals surface area contributed by atoms with Crippen molar-refractivity contribution in [1.29, 1.82) is 0 Å². The summed E-state index contributed by atoms with van der Waals surface area (Å²) in [5, 5.41) is 12.6. The summed E-state index contributed by atoms with van der Waals surface area (Å²) in [6, 6.07) is 0. The molecule has 1 atom stereocenters. The highest BCUT2D eigenvalue weighted by atomic mass is 32.2. The highest BCUT2D eigenvalue weighted by Crippen LogP contribution is 2.05. The van der Waals surface area contributed by atoms with Gasteiger partial charge in [-0.1, -0.05) is 0 Å². The molecule has 1 aliphatic heterocycles. The second-order valence-corrected chi connectivity index (χ2v) is 5.38. The van der Waals surface area contributed by atoms with E-state index in [1.165, 1.54) is 0 Å². The normalized spacial score (nSPS) is 25.6. The molecule has 14 heavy (non-hydrogen) atoms. The smallest absolute Gasteiger partial charge is 0.239 e. The zero-order valence-corrected chi connectivity index (χ0v) is 8.51. The number of aliphatic hydroxyl groups excluding tert-OH is 1. The molecule has 0 aromatic heterocycles. The summed E-state index contributed by atoms with van der Waals surface area (Å²) in [6.07, 6.45) is 0. The third-order valence-electron chi connectivity index (χ3n) is 2.03. The molecule has 0 aliphatic carbocycles. The molecule has 1 aliphatic rings. The second kappa shape index (κ2) is 4.72. The number of hydrogen-bond acceptors (Lipinski definition) is 5. The molecule has 1 heterocycles. The first kappa shape index (κ1) is 11.4. The molecule has 0 radical (unpaired) electrons. The molecular formula is C7H14N2O4S. The fourth-order valence-electron chi connectivity index (χ4n) is 1.27. The van der Waals surface area contributed by atoms with Crippen LogP contribution in [0, 0.1) is 0 Å². The SMILES string of the molecule is O=C(NCCO)C1CNCCS1(=O)=O. The Hall–Kier alpha value is -0.660. The van der Waals surface area contributed by atoms with Crippen molar-refractivity contribution in [3.63, 3.8) is 0 Å². The molecule has 1 amide bonds. The maximum Gasteiger partial charge on any atom is 0.239 e. The number of carbonyl (C=O) groups is 1. The third kappa shape index (κ3) is 2.66. The molecule has 7 heteroatoms. The average molecular weight is 222 g/mol. The molecule has 1 unspecified atom stereocenters. The van der Waals surface area contributed by atoms with Crippen LogP contribution < -0.4 is 10.6 Å². The van der Waals surface area contributed by atoms with E-state index in [9.17, 15) is 13.2 Å². The predicted octanol–water partition coefficient (Wildman–Crippen LogP) is -2.52. The molecule has 1 saturated heterocycles. The van der Waals surface area contributed by atoms with E-state index >= 15 is 0 Å². The van der Waals surface area contributed by atoms with Crippen molar-refractivity contribution in [3.05, 3.63) is 0 Å². The Bertz CT molecular complexity index is 301. The lowest BCUT2D eigenvalue weighted by Gasteiger charge is -2.22. The van der Waals surface area contributed by atoms with E-state index in [0.29, 0.717) is 6.54 Å². The van der Waals surface area contributed by atoms with E-state index in [1.54, 1.807) is 0 Å². The number of sulfone groups is 1. The predicted molar refractivity (Wildman–Crippen MR) is 50.5 cm³/mol. The second-order valence-electron chi connectivity index (χ2n) is 3.07. The Morgan fingerprint density at radius 2 is 2.29 bits per heavy atom. The van der Waals surface area contributed by atoms with Gasteiger partial charge in [0, 0.05) is 19.6 Å². The molecule has 0 saturated carbocycles. The Balaban J connectivity index is 2.61. The molecule has 0 aromatic carbocycles. The van der Waals surface area contributed by atoms with Crippen molar-refractivity contribution < 1.29 is 18.3 Å². The Kier molecular flexibility index (Phi) is 3.85. The number of aliphatic hydroxyl groups is 1. The molecule has 0 bridgehead atoms. The van der Waals surface area contributed by atoms with Crippen molar-refractivity contribution in [2.75, 3.05) is 32.0 Å². The highest BCUT2D eigenvalue weighted by molar-refractivity contribution is 7.92. The minimum atomic E-state index is -3.31. The van der Waals surface area contributed by atoms with Crippen LogP contribution >= 0.6 is 0 Å². The largest absolute Gasteiger partial charge is 0.395 e. The summed E-state index contributed by atoms with van der Waals surface area (Å²) in [6.45, 7) is 0.447. The number of rotatable bonds is 3. The van der Waals surface area contributed by atoms with Crippen LogP contribution in [0.25, 0.3) is 0 Å². The van der Waals surface area contributed by atoms with E-state index in [0.717, 1.165) is 0 Å². The number of hydrogen-bond donors (Lipinski definition) is 3. The van der Waals surface area contributed by atoms with Gasteiger partial charge < -0.3 is 15.7 Å². The van der Waals surface area contributed by atoms with Crippen molar-refractivity contribution in [3.8, 4) is 0 Å². The van der Waals surface area contributed by atoms with Gasteiger partial charge in [-0.2, -0.15) is 0 Å². The number of carbonyl (C=O) groups excluding carboxylic acids is 1. The van der Waals surface area contributed by atoms with Crippen LogP contribution in [0.2, 0.25) is 0 Å². The van der Waals surface area contributed by atoms with Crippen LogP contribution in [0.5, 0.6) is 0 Å². The summed E-state index contributed by atoms with van der Waals surface area (Å²) in [4.78, 5) is 11.3. The van der Waals surface area contributed by atoms with Gasteiger partial charge in [0.15, 0.2) is 15.1 Å². The molecule has 0 aromatic rings. The van der Waals surface area contributed by atoms with Crippen LogP contribution in [-0.4, -0.2) is 56.7 Å². The number of amides is 1. The fourth-order valence-corrected chi connectivity index (χ4v) is 2.76. The van der Waals surface area contributed by atoms with Gasteiger partial charge in [-0.25, -0.2) is 8.42 Å². The molecule has 6 nitrogen and oxygen atoms in total. The highest BCUT2D eigenvalue weighted by Gasteiger charge is 2.34. The average Bonchev–Trinajstić information content (AvgIpc) is 2.13. The quantitative estimate of drug-likeness (QED) is 0.490. The molecular weight excluding hydrogens is 208 g/mol. The van der Waals surface area contributed by atoms with Gasteiger partial charge in [-0.3, -0.25) is 4.79 Å². The Morgan fingerprint density at radius 1 is 1.57 bits per heavy atom. The van der Waals surface area contributed by atoms with E-state index in [1.807, 2.05) is 0 Å². The van der Waals surface area contributed by atoms with Crippen LogP contribution in [-0.2, 0) is 14.6 Å². The summed E-state index contributed by atoms with van der Waals surface area (Å²) >= 11 is 0. The first-order valence-corrected chi connectivity index (χ1v) is 6.10. The van der Waals surface area contributed by atoms with Crippen LogP contribution in [0.4, 0.5) is 0 Å². The molecule has 1 rings (SSSR count). The maximum atomic E-state index is 11.4. The van der Waals surface area contributed by atoms with Gasteiger partial charge >= 0.3 is 0 Å². The fraction of sp³-hybridized carbons (Fsp3) is 0.857. The van der Waals surface area contributed by atoms with Gasteiger partial charge in [-0.15, -0.1) is 0 Å². The van der Waals surface area contributed by atoms with Gasteiger partial charge in [0.1, 0.15) is 0 Å². The van der Waals surface area contributed by atoms with Crippen LogP contribution in [0.3, 0.4) is 0 Å². The van der Waals surface area contributed by atoms with Crippen molar-refractivity contribution in [2.24, 2.45) is 0 Å². The zero-order chi connectivity index (χ0) is 10.6. The van der Waals surface area contributed by atoms with Crippen molar-refractivity contribution >= 4 is 15.7 Å². The monoisotopic (exact) mass is 222 g/mol. The third-order valence-corrected chi connectivity index (χ3v) is 4.05. The van der Waals surface area contributed by atoms with Gasteiger partial charge in [0.2, 0.25) is 5.91 Å². The van der Waals surface area contributed by atoms with Crippen molar-refractivity contribution in [1.82, 2.24) is 10.6 Å². The van der Waals surface area contributed by atoms with Crippen LogP contribution in [0.1, 0.15) is 0 Å². The Labute approximate surface area is 82.6 Å². The summed E-state index contributed by atoms with van der Waals surface area (Å²) in [7, 11) is -3.31. The Morgan fingerprint density at radius 3 is 2.86 bits per heavy atom. The van der Waals surface area contributed by atoms with Crippen LogP contribution in [0.15, 0.2) is 0 Å². The van der Waals surface area contributed by atoms with E-state index in [2.05, 4.69) is 10.6 Å². The lowest BCUT2D eigenvalue weighted by molar-refractivity contribution is -0.120. The maximum absolute atomic E-state index is 11.4. The molecule has 82 valence electrons. The van der Waals surface area contributed by atoms with Gasteiger partial charge in [0.25, 0.3) is 0 Å². The molecule has 1 fully saturated rings. The zero-order valence-electron chi connectivity index (χ0n) is 7.69. The standard InChI is InChI=1S/C7H14N2O4S/c10-3-1-9-7(11)6-5-8-2-4-14(6,12)13/h6,8,10H,1-5H2,(H,9,11). The van der Waals surface area contributed by atoms with E-state index < -0.39 is 21.0 Å². The van der Waals surface area contributed by atoms with E-state index in [-0.39, 0.29) is 25.4 Å². The lowest BCUT2D eigenvalue weighted by atomic mass is 10.3. The number of nitrogens with one attached hydrogen (secondary N) is 2. The minimum Gasteiger partial charge on any atom is -0.395 e. The summed E-state index contributed by atoms with van der Waals surface area (Å²) < 4.78 is 22.8. The van der Waals surface area contributed by atoms with Crippen molar-refractivity contribution in [2.45, 2.75) is 5.25 Å². The summed E-state index contributed by atoms with van der Waals surface area (Å²) in [5.41, 5.74) is 0. The van der Waals surface area contributed by atoms with E-state index in [4.69, 9.17) is 5.11 Å². The van der Waals surface area contributed by atoms with Gasteiger partial charge in [0.05, 0.1) is 12.4 Å². The minimum absolute atomic E-state index is 0.00971. The summed E-state index contributed by atoms with van der Waals surface area (Å²) in [5.74, 6) is -0.546. The molecule has 3 N–H and O–H groups in total. The topological polar surface area (TPSA) is 95.5 Å².